The summed E-state index contributed by atoms with van der Waals surface area (Å²) in [4.78, 5) is 38.7. The maximum absolute atomic E-state index is 12.2. The van der Waals surface area contributed by atoms with E-state index < -0.39 is 29.7 Å². The van der Waals surface area contributed by atoms with E-state index in [4.69, 9.17) is 5.11 Å². The van der Waals surface area contributed by atoms with Gasteiger partial charge in [-0.1, -0.05) is 13.8 Å². The van der Waals surface area contributed by atoms with Crippen molar-refractivity contribution in [2.45, 2.75) is 33.2 Å². The van der Waals surface area contributed by atoms with Crippen molar-refractivity contribution in [3.63, 3.8) is 0 Å². The van der Waals surface area contributed by atoms with Gasteiger partial charge in [0.25, 0.3) is 0 Å². The highest BCUT2D eigenvalue weighted by Gasteiger charge is 2.27. The van der Waals surface area contributed by atoms with Crippen LogP contribution >= 0.6 is 11.3 Å². The molecule has 21 heavy (non-hydrogen) atoms. The van der Waals surface area contributed by atoms with Crippen LogP contribution in [0.4, 0.5) is 5.13 Å². The fourth-order valence-electron chi connectivity index (χ4n) is 1.59. The van der Waals surface area contributed by atoms with Crippen LogP contribution in [0.25, 0.3) is 0 Å². The third-order valence-electron chi connectivity index (χ3n) is 2.77. The molecule has 0 aromatic carbocycles. The number of nitrogens with one attached hydrogen (secondary N) is 2. The Bertz CT molecular complexity index is 502. The first-order chi connectivity index (χ1) is 9.81. The van der Waals surface area contributed by atoms with E-state index in [9.17, 15) is 14.4 Å². The van der Waals surface area contributed by atoms with Crippen molar-refractivity contribution in [2.75, 3.05) is 5.32 Å². The number of anilines is 1. The standard InChI is InChI=1S/C13H19N3O4S/c1-7(2)6-9(15-10(17)8(3)12(19)20)11(18)16-13-14-4-5-21-13/h4-5,7-9H,6H2,1-3H3,(H,15,17)(H,19,20)(H,14,16,18). The molecule has 0 saturated carbocycles. The highest BCUT2D eigenvalue weighted by Crippen LogP contribution is 2.13. The van der Waals surface area contributed by atoms with E-state index in [1.54, 1.807) is 11.6 Å². The van der Waals surface area contributed by atoms with Crippen molar-refractivity contribution in [3.8, 4) is 0 Å². The van der Waals surface area contributed by atoms with E-state index in [0.717, 1.165) is 0 Å². The Morgan fingerprint density at radius 3 is 2.43 bits per heavy atom. The molecule has 0 radical (unpaired) electrons. The first-order valence-corrected chi connectivity index (χ1v) is 7.42. The average Bonchev–Trinajstić information content (AvgIpc) is 2.88. The van der Waals surface area contributed by atoms with E-state index in [-0.39, 0.29) is 5.92 Å². The minimum absolute atomic E-state index is 0.164. The molecule has 1 aromatic heterocycles. The van der Waals surface area contributed by atoms with Crippen LogP contribution in [-0.2, 0) is 14.4 Å². The minimum Gasteiger partial charge on any atom is -0.481 e. The third-order valence-corrected chi connectivity index (χ3v) is 3.45. The maximum Gasteiger partial charge on any atom is 0.315 e. The van der Waals surface area contributed by atoms with Gasteiger partial charge in [0.2, 0.25) is 11.8 Å². The summed E-state index contributed by atoms with van der Waals surface area (Å²) < 4.78 is 0. The van der Waals surface area contributed by atoms with E-state index in [1.807, 2.05) is 13.8 Å². The molecule has 2 unspecified atom stereocenters. The quantitative estimate of drug-likeness (QED) is 0.658. The predicted molar refractivity (Wildman–Crippen MR) is 78.9 cm³/mol. The summed E-state index contributed by atoms with van der Waals surface area (Å²) in [6.07, 6.45) is 1.97. The number of hydrogen-bond donors (Lipinski definition) is 3. The molecule has 1 rings (SSSR count). The molecule has 0 bridgehead atoms. The largest absolute Gasteiger partial charge is 0.481 e. The third kappa shape index (κ3) is 5.50. The first-order valence-electron chi connectivity index (χ1n) is 6.54. The summed E-state index contributed by atoms with van der Waals surface area (Å²) in [7, 11) is 0. The van der Waals surface area contributed by atoms with Crippen molar-refractivity contribution in [1.82, 2.24) is 10.3 Å². The van der Waals surface area contributed by atoms with Crippen molar-refractivity contribution >= 4 is 34.3 Å². The van der Waals surface area contributed by atoms with Gasteiger partial charge < -0.3 is 15.7 Å². The lowest BCUT2D eigenvalue weighted by molar-refractivity contribution is -0.147. The molecule has 1 heterocycles. The average molecular weight is 313 g/mol. The van der Waals surface area contributed by atoms with Gasteiger partial charge in [0.05, 0.1) is 0 Å². The van der Waals surface area contributed by atoms with Gasteiger partial charge in [-0.25, -0.2) is 4.98 Å². The summed E-state index contributed by atoms with van der Waals surface area (Å²) in [6, 6.07) is -0.789. The zero-order chi connectivity index (χ0) is 16.0. The summed E-state index contributed by atoms with van der Waals surface area (Å²) in [6.45, 7) is 5.11. The summed E-state index contributed by atoms with van der Waals surface area (Å²) in [5.74, 6) is -3.34. The normalized spacial score (nSPS) is 13.5. The molecule has 0 fully saturated rings. The van der Waals surface area contributed by atoms with Crippen LogP contribution in [0.3, 0.4) is 0 Å². The van der Waals surface area contributed by atoms with Gasteiger partial charge in [-0.3, -0.25) is 14.4 Å². The Balaban J connectivity index is 2.73. The van der Waals surface area contributed by atoms with Crippen molar-refractivity contribution in [1.29, 1.82) is 0 Å². The van der Waals surface area contributed by atoms with Gasteiger partial charge in [0.1, 0.15) is 12.0 Å². The molecular formula is C13H19N3O4S. The maximum atomic E-state index is 12.2. The topological polar surface area (TPSA) is 108 Å². The Morgan fingerprint density at radius 2 is 1.95 bits per heavy atom. The highest BCUT2D eigenvalue weighted by atomic mass is 32.1. The van der Waals surface area contributed by atoms with Gasteiger partial charge in [0.15, 0.2) is 5.13 Å². The molecule has 0 aliphatic rings. The lowest BCUT2D eigenvalue weighted by Crippen LogP contribution is -2.47. The van der Waals surface area contributed by atoms with Gasteiger partial charge >= 0.3 is 5.97 Å². The zero-order valence-electron chi connectivity index (χ0n) is 12.1. The van der Waals surface area contributed by atoms with Crippen molar-refractivity contribution in [3.05, 3.63) is 11.6 Å². The molecule has 0 aliphatic carbocycles. The van der Waals surface area contributed by atoms with Crippen LogP contribution in [-0.4, -0.2) is 33.9 Å². The number of amides is 2. The summed E-state index contributed by atoms with van der Waals surface area (Å²) in [5.41, 5.74) is 0. The molecule has 0 aliphatic heterocycles. The highest BCUT2D eigenvalue weighted by molar-refractivity contribution is 7.13. The van der Waals surface area contributed by atoms with Gasteiger partial charge in [-0.15, -0.1) is 11.3 Å². The van der Waals surface area contributed by atoms with E-state index in [1.165, 1.54) is 18.3 Å². The number of carboxylic acids is 1. The van der Waals surface area contributed by atoms with Gasteiger partial charge in [-0.2, -0.15) is 0 Å². The number of hydrogen-bond acceptors (Lipinski definition) is 5. The number of aromatic nitrogens is 1. The molecule has 116 valence electrons. The van der Waals surface area contributed by atoms with Crippen LogP contribution < -0.4 is 10.6 Å². The SMILES string of the molecule is CC(C)CC(NC(=O)C(C)C(=O)O)C(=O)Nc1nccs1. The second-order valence-electron chi connectivity index (χ2n) is 5.08. The number of carbonyl (C=O) groups is 3. The molecule has 8 heteroatoms. The predicted octanol–water partition coefficient (Wildman–Crippen LogP) is 1.33. The van der Waals surface area contributed by atoms with E-state index in [2.05, 4.69) is 15.6 Å². The van der Waals surface area contributed by atoms with Crippen LogP contribution in [0, 0.1) is 11.8 Å². The monoisotopic (exact) mass is 313 g/mol. The fourth-order valence-corrected chi connectivity index (χ4v) is 2.12. The Kier molecular flexibility index (Phi) is 6.29. The molecule has 3 N–H and O–H groups in total. The van der Waals surface area contributed by atoms with Crippen LogP contribution in [0.5, 0.6) is 0 Å². The Hall–Kier alpha value is -1.96. The smallest absolute Gasteiger partial charge is 0.315 e. The molecule has 2 amide bonds. The minimum atomic E-state index is -1.23. The second kappa shape index (κ2) is 7.72. The number of carboxylic acid groups (broad SMARTS) is 1. The molecule has 0 saturated heterocycles. The molecule has 0 spiro atoms. The number of aliphatic carboxylic acids is 1. The molecular weight excluding hydrogens is 294 g/mol. The fraction of sp³-hybridized carbons (Fsp3) is 0.538. The summed E-state index contributed by atoms with van der Waals surface area (Å²) >= 11 is 1.27. The zero-order valence-corrected chi connectivity index (χ0v) is 12.9. The molecule has 2 atom stereocenters. The molecule has 1 aromatic rings. The number of rotatable bonds is 7. The first kappa shape index (κ1) is 17.1. The lowest BCUT2D eigenvalue weighted by atomic mass is 10.0. The summed E-state index contributed by atoms with van der Waals surface area (Å²) in [5, 5.41) is 16.1. The number of thiazole rings is 1. The van der Waals surface area contributed by atoms with Crippen LogP contribution in [0.1, 0.15) is 27.2 Å². The number of nitrogens with zero attached hydrogens (tertiary/aromatic N) is 1. The lowest BCUT2D eigenvalue weighted by Gasteiger charge is -2.20. The Labute approximate surface area is 126 Å². The van der Waals surface area contributed by atoms with Crippen LogP contribution in [0.15, 0.2) is 11.6 Å². The van der Waals surface area contributed by atoms with E-state index >= 15 is 0 Å². The molecule has 7 nitrogen and oxygen atoms in total. The second-order valence-corrected chi connectivity index (χ2v) is 5.97. The van der Waals surface area contributed by atoms with Crippen LogP contribution in [0.2, 0.25) is 0 Å². The van der Waals surface area contributed by atoms with Gasteiger partial charge in [0, 0.05) is 11.6 Å². The van der Waals surface area contributed by atoms with Gasteiger partial charge in [-0.05, 0) is 19.3 Å². The number of carbonyl (C=O) groups excluding carboxylic acids is 2. The van der Waals surface area contributed by atoms with Crippen molar-refractivity contribution < 1.29 is 19.5 Å². The van der Waals surface area contributed by atoms with Crippen molar-refractivity contribution in [2.24, 2.45) is 11.8 Å². The van der Waals surface area contributed by atoms with E-state index in [0.29, 0.717) is 11.6 Å². The Morgan fingerprint density at radius 1 is 1.29 bits per heavy atom.